The zero-order chi connectivity index (χ0) is 24.6. The summed E-state index contributed by atoms with van der Waals surface area (Å²) < 4.78 is 36.3. The number of nitrogens with zero attached hydrogens (tertiary/aromatic N) is 3. The molecule has 0 unspecified atom stereocenters. The zero-order valence-electron chi connectivity index (χ0n) is 18.9. The molecule has 1 saturated carbocycles. The van der Waals surface area contributed by atoms with Gasteiger partial charge in [-0.25, -0.2) is 4.98 Å². The molecule has 7 nitrogen and oxygen atoms in total. The predicted molar refractivity (Wildman–Crippen MR) is 129 cm³/mol. The first kappa shape index (κ1) is 24.7. The highest BCUT2D eigenvalue weighted by molar-refractivity contribution is 7.99. The number of carbonyl (C=O) groups is 1. The van der Waals surface area contributed by atoms with Crippen molar-refractivity contribution in [1.82, 2.24) is 9.55 Å². The Morgan fingerprint density at radius 1 is 1.29 bits per heavy atom. The number of rotatable bonds is 8. The van der Waals surface area contributed by atoms with Gasteiger partial charge in [0, 0.05) is 18.5 Å². The number of thioether (sulfide) groups is 1. The van der Waals surface area contributed by atoms with E-state index in [1.807, 2.05) is 18.2 Å². The van der Waals surface area contributed by atoms with Crippen LogP contribution < -0.4 is 10.3 Å². The minimum atomic E-state index is -2.79. The minimum Gasteiger partial charge on any atom is -0.465 e. The number of halogens is 3. The number of hydrogen-bond acceptors (Lipinski definition) is 7. The quantitative estimate of drug-likeness (QED) is 0.247. The standard InChI is InChI=1S/C23H24ClF2N3O4S/c1-4-32-18(30)11-29-19-14(5-7-16(24)21(19)34-3)20(31)15-6-8-17(27-22(15)29)28(2)12-9-13(10-12)33-23(25)26/h5-8,12-13,23H,4,9-11H2,1-3H3. The molecule has 34 heavy (non-hydrogen) atoms. The molecular weight excluding hydrogens is 488 g/mol. The van der Waals surface area contributed by atoms with Crippen LogP contribution in [0.3, 0.4) is 0 Å². The van der Waals surface area contributed by atoms with Gasteiger partial charge in [0.15, 0.2) is 5.43 Å². The summed E-state index contributed by atoms with van der Waals surface area (Å²) in [4.78, 5) is 33.1. The fourth-order valence-electron chi connectivity index (χ4n) is 4.25. The number of esters is 1. The molecule has 0 N–H and O–H groups in total. The van der Waals surface area contributed by atoms with Crippen molar-refractivity contribution in [3.8, 4) is 0 Å². The highest BCUT2D eigenvalue weighted by Gasteiger charge is 2.35. The van der Waals surface area contributed by atoms with Crippen molar-refractivity contribution in [2.24, 2.45) is 0 Å². The van der Waals surface area contributed by atoms with E-state index in [1.165, 1.54) is 11.8 Å². The van der Waals surface area contributed by atoms with Crippen LogP contribution in [0.1, 0.15) is 19.8 Å². The third kappa shape index (κ3) is 4.58. The molecule has 1 aliphatic rings. The Kier molecular flexibility index (Phi) is 7.30. The Morgan fingerprint density at radius 2 is 2.00 bits per heavy atom. The van der Waals surface area contributed by atoms with E-state index in [2.05, 4.69) is 4.74 Å². The summed E-state index contributed by atoms with van der Waals surface area (Å²) in [5.41, 5.74) is 0.631. The van der Waals surface area contributed by atoms with Gasteiger partial charge in [0.25, 0.3) is 0 Å². The third-order valence-corrected chi connectivity index (χ3v) is 7.28. The van der Waals surface area contributed by atoms with Crippen LogP contribution in [-0.2, 0) is 20.8 Å². The van der Waals surface area contributed by atoms with Gasteiger partial charge in [0.1, 0.15) is 18.0 Å². The number of carbonyl (C=O) groups excluding carboxylic acids is 1. The second kappa shape index (κ2) is 10.1. The normalized spacial score (nSPS) is 17.9. The van der Waals surface area contributed by atoms with Gasteiger partial charge in [-0.05, 0) is 50.3 Å². The summed E-state index contributed by atoms with van der Waals surface area (Å²) in [6.07, 6.45) is 2.24. The summed E-state index contributed by atoms with van der Waals surface area (Å²) in [7, 11) is 1.82. The Hall–Kier alpha value is -2.43. The monoisotopic (exact) mass is 511 g/mol. The van der Waals surface area contributed by atoms with E-state index in [-0.39, 0.29) is 24.6 Å². The number of aromatic nitrogens is 2. The summed E-state index contributed by atoms with van der Waals surface area (Å²) in [5, 5.41) is 1.25. The molecule has 0 radical (unpaired) electrons. The molecular formula is C23H24ClF2N3O4S. The lowest BCUT2D eigenvalue weighted by atomic mass is 9.88. The first-order chi connectivity index (χ1) is 16.2. The molecule has 0 spiro atoms. The zero-order valence-corrected chi connectivity index (χ0v) is 20.5. The van der Waals surface area contributed by atoms with Crippen LogP contribution >= 0.6 is 23.4 Å². The molecule has 4 rings (SSSR count). The van der Waals surface area contributed by atoms with Crippen LogP contribution in [0.4, 0.5) is 14.6 Å². The lowest BCUT2D eigenvalue weighted by Gasteiger charge is -2.41. The van der Waals surface area contributed by atoms with Gasteiger partial charge in [0.2, 0.25) is 0 Å². The van der Waals surface area contributed by atoms with Crippen molar-refractivity contribution < 1.29 is 23.0 Å². The topological polar surface area (TPSA) is 73.7 Å². The molecule has 0 atom stereocenters. The maximum absolute atomic E-state index is 13.3. The van der Waals surface area contributed by atoms with Crippen molar-refractivity contribution in [2.45, 2.75) is 50.0 Å². The Labute approximate surface area is 204 Å². The first-order valence-corrected chi connectivity index (χ1v) is 12.4. The maximum Gasteiger partial charge on any atom is 0.345 e. The molecule has 0 amide bonds. The highest BCUT2D eigenvalue weighted by atomic mass is 35.5. The first-order valence-electron chi connectivity index (χ1n) is 10.8. The molecule has 11 heteroatoms. The molecule has 1 aliphatic carbocycles. The highest BCUT2D eigenvalue weighted by Crippen LogP contribution is 2.35. The fourth-order valence-corrected chi connectivity index (χ4v) is 5.31. The molecule has 0 aliphatic heterocycles. The van der Waals surface area contributed by atoms with E-state index in [0.29, 0.717) is 50.5 Å². The number of ether oxygens (including phenoxy) is 2. The lowest BCUT2D eigenvalue weighted by Crippen LogP contribution is -2.47. The summed E-state index contributed by atoms with van der Waals surface area (Å²) in [6.45, 7) is -1.00. The summed E-state index contributed by atoms with van der Waals surface area (Å²) >= 11 is 7.80. The van der Waals surface area contributed by atoms with E-state index in [1.54, 1.807) is 35.8 Å². The number of fused-ring (bicyclic) bond motifs is 2. The number of hydrogen-bond donors (Lipinski definition) is 0. The van der Waals surface area contributed by atoms with Crippen molar-refractivity contribution in [3.63, 3.8) is 0 Å². The average Bonchev–Trinajstić information content (AvgIpc) is 2.77. The van der Waals surface area contributed by atoms with Gasteiger partial charge in [-0.15, -0.1) is 11.8 Å². The summed E-state index contributed by atoms with van der Waals surface area (Å²) in [5.74, 6) is 0.0874. The predicted octanol–water partition coefficient (Wildman–Crippen LogP) is 4.69. The number of anilines is 1. The average molecular weight is 512 g/mol. The van der Waals surface area contributed by atoms with Crippen LogP contribution in [0, 0.1) is 0 Å². The van der Waals surface area contributed by atoms with Crippen LogP contribution in [0.15, 0.2) is 34.0 Å². The Balaban J connectivity index is 1.85. The minimum absolute atomic E-state index is 0.0319. The smallest absolute Gasteiger partial charge is 0.345 e. The van der Waals surface area contributed by atoms with Gasteiger partial charge in [-0.3, -0.25) is 9.59 Å². The molecule has 182 valence electrons. The molecule has 3 aromatic rings. The van der Waals surface area contributed by atoms with Crippen molar-refractivity contribution in [1.29, 1.82) is 0 Å². The second-order valence-electron chi connectivity index (χ2n) is 7.99. The van der Waals surface area contributed by atoms with E-state index in [4.69, 9.17) is 21.3 Å². The SMILES string of the molecule is CCOC(=O)Cn1c2nc(N(C)C3CC(OC(F)F)C3)ccc2c(=O)c2ccc(Cl)c(SC)c21. The van der Waals surface area contributed by atoms with Crippen LogP contribution in [0.25, 0.3) is 21.9 Å². The van der Waals surface area contributed by atoms with Gasteiger partial charge in [0.05, 0.1) is 33.5 Å². The third-order valence-electron chi connectivity index (χ3n) is 6.03. The number of pyridine rings is 2. The van der Waals surface area contributed by atoms with Gasteiger partial charge >= 0.3 is 12.6 Å². The van der Waals surface area contributed by atoms with Crippen molar-refractivity contribution in [3.05, 3.63) is 39.5 Å². The molecule has 0 bridgehead atoms. The molecule has 1 fully saturated rings. The second-order valence-corrected chi connectivity index (χ2v) is 9.22. The van der Waals surface area contributed by atoms with Crippen molar-refractivity contribution >= 4 is 57.1 Å². The Bertz CT molecular complexity index is 1300. The van der Waals surface area contributed by atoms with E-state index < -0.39 is 18.7 Å². The van der Waals surface area contributed by atoms with Crippen molar-refractivity contribution in [2.75, 3.05) is 24.8 Å². The number of alkyl halides is 2. The Morgan fingerprint density at radius 3 is 2.65 bits per heavy atom. The van der Waals surface area contributed by atoms with E-state index in [0.717, 1.165) is 0 Å². The van der Waals surface area contributed by atoms with Gasteiger partial charge in [-0.1, -0.05) is 11.6 Å². The largest absolute Gasteiger partial charge is 0.465 e. The van der Waals surface area contributed by atoms with Crippen LogP contribution in [0.5, 0.6) is 0 Å². The molecule has 2 aromatic heterocycles. The maximum atomic E-state index is 13.3. The fraction of sp³-hybridized carbons (Fsp3) is 0.435. The van der Waals surface area contributed by atoms with Crippen LogP contribution in [-0.4, -0.2) is 54.2 Å². The van der Waals surface area contributed by atoms with Crippen LogP contribution in [0.2, 0.25) is 5.02 Å². The molecule has 1 aromatic carbocycles. The molecule has 2 heterocycles. The van der Waals surface area contributed by atoms with Gasteiger partial charge < -0.3 is 18.9 Å². The van der Waals surface area contributed by atoms with E-state index in [9.17, 15) is 18.4 Å². The molecule has 0 saturated heterocycles. The lowest BCUT2D eigenvalue weighted by molar-refractivity contribution is -0.183. The van der Waals surface area contributed by atoms with Gasteiger partial charge in [-0.2, -0.15) is 8.78 Å². The van der Waals surface area contributed by atoms with E-state index >= 15 is 0 Å². The number of benzene rings is 1. The summed E-state index contributed by atoms with van der Waals surface area (Å²) in [6, 6.07) is 6.68.